The van der Waals surface area contributed by atoms with Gasteiger partial charge in [0.2, 0.25) is 10.0 Å². The first-order valence-electron chi connectivity index (χ1n) is 7.19. The Balaban J connectivity index is 1.85. The third kappa shape index (κ3) is 2.40. The SMILES string of the molecule is NS(=O)(=O)c1ccc2c(c1)/C(=C/c1ccc3[nH]ccc3c1)C(=O)N2. The highest BCUT2D eigenvalue weighted by molar-refractivity contribution is 7.89. The first kappa shape index (κ1) is 14.7. The number of benzene rings is 2. The van der Waals surface area contributed by atoms with E-state index in [1.165, 1.54) is 12.1 Å². The Bertz CT molecular complexity index is 1130. The monoisotopic (exact) mass is 339 g/mol. The maximum Gasteiger partial charge on any atom is 0.256 e. The van der Waals surface area contributed by atoms with Crippen LogP contribution in [0.1, 0.15) is 11.1 Å². The fourth-order valence-electron chi connectivity index (χ4n) is 2.82. The van der Waals surface area contributed by atoms with Crippen LogP contribution in [-0.4, -0.2) is 19.3 Å². The molecular formula is C17H13N3O3S. The summed E-state index contributed by atoms with van der Waals surface area (Å²) in [5.41, 5.74) is 3.36. The molecule has 0 radical (unpaired) electrons. The second kappa shape index (κ2) is 5.05. The third-order valence-electron chi connectivity index (χ3n) is 3.99. The smallest absolute Gasteiger partial charge is 0.256 e. The fourth-order valence-corrected chi connectivity index (χ4v) is 3.36. The zero-order valence-electron chi connectivity index (χ0n) is 12.4. The van der Waals surface area contributed by atoms with Crippen LogP contribution in [0.2, 0.25) is 0 Å². The van der Waals surface area contributed by atoms with Gasteiger partial charge in [0, 0.05) is 28.5 Å². The number of nitrogens with two attached hydrogens (primary N) is 1. The van der Waals surface area contributed by atoms with Crippen LogP contribution >= 0.6 is 0 Å². The topological polar surface area (TPSA) is 105 Å². The van der Waals surface area contributed by atoms with Gasteiger partial charge in [0.05, 0.1) is 4.90 Å². The Morgan fingerprint density at radius 1 is 1.04 bits per heavy atom. The maximum absolute atomic E-state index is 12.2. The lowest BCUT2D eigenvalue weighted by molar-refractivity contribution is -0.110. The zero-order chi connectivity index (χ0) is 16.9. The molecule has 120 valence electrons. The van der Waals surface area contributed by atoms with Gasteiger partial charge < -0.3 is 10.3 Å². The summed E-state index contributed by atoms with van der Waals surface area (Å²) in [4.78, 5) is 15.3. The summed E-state index contributed by atoms with van der Waals surface area (Å²) in [6, 6.07) is 12.1. The van der Waals surface area contributed by atoms with Crippen molar-refractivity contribution in [1.82, 2.24) is 4.98 Å². The molecular weight excluding hydrogens is 326 g/mol. The van der Waals surface area contributed by atoms with E-state index in [9.17, 15) is 13.2 Å². The lowest BCUT2D eigenvalue weighted by atomic mass is 10.0. The van der Waals surface area contributed by atoms with Crippen molar-refractivity contribution in [2.75, 3.05) is 5.32 Å². The number of fused-ring (bicyclic) bond motifs is 2. The third-order valence-corrected chi connectivity index (χ3v) is 4.90. The summed E-state index contributed by atoms with van der Waals surface area (Å²) in [5, 5.41) is 8.94. The molecule has 4 rings (SSSR count). The molecule has 0 atom stereocenters. The summed E-state index contributed by atoms with van der Waals surface area (Å²) in [6.45, 7) is 0. The van der Waals surface area contributed by atoms with E-state index in [0.29, 0.717) is 16.8 Å². The quantitative estimate of drug-likeness (QED) is 0.624. The number of aromatic nitrogens is 1. The van der Waals surface area contributed by atoms with Crippen LogP contribution in [-0.2, 0) is 14.8 Å². The normalized spacial score (nSPS) is 15.7. The van der Waals surface area contributed by atoms with Crippen molar-refractivity contribution >= 4 is 44.2 Å². The van der Waals surface area contributed by atoms with Gasteiger partial charge in [0.1, 0.15) is 0 Å². The van der Waals surface area contributed by atoms with Crippen molar-refractivity contribution < 1.29 is 13.2 Å². The minimum atomic E-state index is -3.83. The van der Waals surface area contributed by atoms with E-state index in [0.717, 1.165) is 16.5 Å². The first-order chi connectivity index (χ1) is 11.4. The average molecular weight is 339 g/mol. The molecule has 24 heavy (non-hydrogen) atoms. The Labute approximate surface area is 138 Å². The molecule has 0 saturated heterocycles. The van der Waals surface area contributed by atoms with E-state index < -0.39 is 10.0 Å². The number of rotatable bonds is 2. The number of nitrogens with one attached hydrogen (secondary N) is 2. The predicted octanol–water partition coefficient (Wildman–Crippen LogP) is 2.31. The average Bonchev–Trinajstić information content (AvgIpc) is 3.10. The van der Waals surface area contributed by atoms with Gasteiger partial charge in [-0.25, -0.2) is 13.6 Å². The standard InChI is InChI=1S/C17H13N3O3S/c18-24(22,23)12-2-4-16-13(9-12)14(17(21)20-16)8-10-1-3-15-11(7-10)5-6-19-15/h1-9,19H,(H,20,21)(H2,18,22,23)/b14-8-. The summed E-state index contributed by atoms with van der Waals surface area (Å²) in [7, 11) is -3.83. The van der Waals surface area contributed by atoms with Gasteiger partial charge in [0.15, 0.2) is 0 Å². The van der Waals surface area contributed by atoms with Crippen LogP contribution in [0.15, 0.2) is 53.6 Å². The Kier molecular flexibility index (Phi) is 3.09. The van der Waals surface area contributed by atoms with Crippen LogP contribution in [0.3, 0.4) is 0 Å². The molecule has 6 nitrogen and oxygen atoms in total. The number of carbonyl (C=O) groups is 1. The van der Waals surface area contributed by atoms with Crippen molar-refractivity contribution in [3.05, 3.63) is 59.8 Å². The van der Waals surface area contributed by atoms with Gasteiger partial charge in [-0.2, -0.15) is 0 Å². The second-order valence-electron chi connectivity index (χ2n) is 5.59. The molecule has 3 aromatic rings. The lowest BCUT2D eigenvalue weighted by Gasteiger charge is -2.03. The summed E-state index contributed by atoms with van der Waals surface area (Å²) in [5.74, 6) is -0.272. The van der Waals surface area contributed by atoms with Crippen molar-refractivity contribution in [2.24, 2.45) is 5.14 Å². The van der Waals surface area contributed by atoms with E-state index >= 15 is 0 Å². The molecule has 1 aromatic heterocycles. The van der Waals surface area contributed by atoms with E-state index in [2.05, 4.69) is 10.3 Å². The van der Waals surface area contributed by atoms with Gasteiger partial charge in [-0.3, -0.25) is 4.79 Å². The minimum Gasteiger partial charge on any atom is -0.361 e. The van der Waals surface area contributed by atoms with Crippen LogP contribution in [0, 0.1) is 0 Å². The zero-order valence-corrected chi connectivity index (χ0v) is 13.2. The van der Waals surface area contributed by atoms with Crippen molar-refractivity contribution in [2.45, 2.75) is 4.90 Å². The number of anilines is 1. The molecule has 0 fully saturated rings. The molecule has 0 bridgehead atoms. The summed E-state index contributed by atoms with van der Waals surface area (Å²) in [6.07, 6.45) is 3.58. The fraction of sp³-hybridized carbons (Fsp3) is 0. The molecule has 7 heteroatoms. The summed E-state index contributed by atoms with van der Waals surface area (Å²) < 4.78 is 23.1. The number of carbonyl (C=O) groups excluding carboxylic acids is 1. The van der Waals surface area contributed by atoms with Gasteiger partial charge in [-0.15, -0.1) is 0 Å². The van der Waals surface area contributed by atoms with Gasteiger partial charge in [-0.1, -0.05) is 6.07 Å². The molecule has 0 aliphatic carbocycles. The molecule has 2 heterocycles. The number of primary sulfonamides is 1. The van der Waals surface area contributed by atoms with Gasteiger partial charge in [0.25, 0.3) is 5.91 Å². The van der Waals surface area contributed by atoms with Crippen LogP contribution in [0.25, 0.3) is 22.6 Å². The van der Waals surface area contributed by atoms with E-state index in [4.69, 9.17) is 5.14 Å². The molecule has 1 amide bonds. The molecule has 2 aromatic carbocycles. The van der Waals surface area contributed by atoms with Crippen molar-refractivity contribution in [1.29, 1.82) is 0 Å². The molecule has 1 aliphatic rings. The Morgan fingerprint density at radius 3 is 2.67 bits per heavy atom. The van der Waals surface area contributed by atoms with Crippen LogP contribution < -0.4 is 10.5 Å². The van der Waals surface area contributed by atoms with E-state index in [1.54, 1.807) is 12.1 Å². The molecule has 0 unspecified atom stereocenters. The number of amides is 1. The number of sulfonamides is 1. The largest absolute Gasteiger partial charge is 0.361 e. The second-order valence-corrected chi connectivity index (χ2v) is 7.15. The number of hydrogen-bond donors (Lipinski definition) is 3. The molecule has 4 N–H and O–H groups in total. The lowest BCUT2D eigenvalue weighted by Crippen LogP contribution is -2.12. The predicted molar refractivity (Wildman–Crippen MR) is 92.6 cm³/mol. The number of aromatic amines is 1. The van der Waals surface area contributed by atoms with E-state index in [1.807, 2.05) is 30.5 Å². The van der Waals surface area contributed by atoms with Gasteiger partial charge >= 0.3 is 0 Å². The molecule has 0 spiro atoms. The first-order valence-corrected chi connectivity index (χ1v) is 8.74. The van der Waals surface area contributed by atoms with E-state index in [-0.39, 0.29) is 10.8 Å². The molecule has 1 aliphatic heterocycles. The van der Waals surface area contributed by atoms with Crippen LogP contribution in [0.4, 0.5) is 5.69 Å². The van der Waals surface area contributed by atoms with Crippen molar-refractivity contribution in [3.63, 3.8) is 0 Å². The Hall–Kier alpha value is -2.90. The summed E-state index contributed by atoms with van der Waals surface area (Å²) >= 11 is 0. The van der Waals surface area contributed by atoms with Gasteiger partial charge in [-0.05, 0) is 53.4 Å². The van der Waals surface area contributed by atoms with Crippen LogP contribution in [0.5, 0.6) is 0 Å². The Morgan fingerprint density at radius 2 is 1.88 bits per heavy atom. The molecule has 0 saturated carbocycles. The highest BCUT2D eigenvalue weighted by Gasteiger charge is 2.25. The van der Waals surface area contributed by atoms with Crippen molar-refractivity contribution in [3.8, 4) is 0 Å². The number of H-pyrrole nitrogens is 1. The number of hydrogen-bond acceptors (Lipinski definition) is 3. The highest BCUT2D eigenvalue weighted by atomic mass is 32.2. The minimum absolute atomic E-state index is 0.0234. The highest BCUT2D eigenvalue weighted by Crippen LogP contribution is 2.34. The maximum atomic E-state index is 12.2.